The summed E-state index contributed by atoms with van der Waals surface area (Å²) in [6, 6.07) is 13.1. The van der Waals surface area contributed by atoms with Crippen LogP contribution in [0, 0.1) is 5.82 Å². The lowest BCUT2D eigenvalue weighted by atomic mass is 10.1. The van der Waals surface area contributed by atoms with Gasteiger partial charge in [-0.15, -0.1) is 0 Å². The lowest BCUT2D eigenvalue weighted by molar-refractivity contribution is 0.0951. The Bertz CT molecular complexity index is 897. The normalized spacial score (nSPS) is 10.6. The second-order valence-electron chi connectivity index (χ2n) is 5.19. The van der Waals surface area contributed by atoms with E-state index in [1.54, 1.807) is 19.2 Å². The molecular weight excluding hydrogens is 331 g/mol. The molecule has 0 aliphatic carbocycles. The summed E-state index contributed by atoms with van der Waals surface area (Å²) in [6.07, 6.45) is 0. The molecule has 122 valence electrons. The van der Waals surface area contributed by atoms with Crippen molar-refractivity contribution in [3.63, 3.8) is 0 Å². The van der Waals surface area contributed by atoms with Crippen molar-refractivity contribution >= 4 is 28.4 Å². The number of fused-ring (bicyclic) bond motifs is 1. The first kappa shape index (κ1) is 16.2. The van der Waals surface area contributed by atoms with Gasteiger partial charge < -0.3 is 10.1 Å². The number of carbonyl (C=O) groups is 1. The molecule has 4 nitrogen and oxygen atoms in total. The van der Waals surface area contributed by atoms with Gasteiger partial charge in [-0.05, 0) is 35.9 Å². The number of hydrogen-bond donors (Lipinski definition) is 1. The third kappa shape index (κ3) is 3.46. The molecule has 1 N–H and O–H groups in total. The van der Waals surface area contributed by atoms with Gasteiger partial charge in [0.25, 0.3) is 5.91 Å². The van der Waals surface area contributed by atoms with Crippen molar-refractivity contribution in [2.24, 2.45) is 0 Å². The smallest absolute Gasteiger partial charge is 0.254 e. The molecular formula is C18H14ClFN2O2. The van der Waals surface area contributed by atoms with Crippen LogP contribution >= 0.6 is 11.6 Å². The Morgan fingerprint density at radius 2 is 1.96 bits per heavy atom. The fraction of sp³-hybridized carbons (Fsp3) is 0.111. The molecule has 0 radical (unpaired) electrons. The van der Waals surface area contributed by atoms with E-state index in [0.717, 1.165) is 11.3 Å². The molecule has 0 aliphatic rings. The third-order valence-electron chi connectivity index (χ3n) is 3.59. The van der Waals surface area contributed by atoms with E-state index in [-0.39, 0.29) is 16.6 Å². The highest BCUT2D eigenvalue weighted by Crippen LogP contribution is 2.21. The Kier molecular flexibility index (Phi) is 4.62. The van der Waals surface area contributed by atoms with Crippen LogP contribution in [0.15, 0.2) is 48.5 Å². The van der Waals surface area contributed by atoms with E-state index in [1.807, 2.05) is 24.3 Å². The third-order valence-corrected chi connectivity index (χ3v) is 3.88. The number of nitrogens with one attached hydrogen (secondary N) is 1. The summed E-state index contributed by atoms with van der Waals surface area (Å²) in [7, 11) is 1.59. The molecule has 0 spiro atoms. The predicted molar refractivity (Wildman–Crippen MR) is 90.9 cm³/mol. The molecule has 0 fully saturated rings. The number of ether oxygens (including phenoxy) is 1. The standard InChI is InChI=1S/C18H14ClFN2O2/c1-24-14-6-2-11(3-7-14)10-21-18(23)15-8-12-4-5-13(20)9-16(12)22-17(15)19/h2-9H,10H2,1H3,(H,21,23). The van der Waals surface area contributed by atoms with Gasteiger partial charge in [0.15, 0.2) is 0 Å². The number of amides is 1. The van der Waals surface area contributed by atoms with Crippen LogP contribution in [-0.4, -0.2) is 18.0 Å². The summed E-state index contributed by atoms with van der Waals surface area (Å²) < 4.78 is 18.3. The van der Waals surface area contributed by atoms with E-state index in [9.17, 15) is 9.18 Å². The number of methoxy groups -OCH3 is 1. The van der Waals surface area contributed by atoms with Gasteiger partial charge in [0.2, 0.25) is 0 Å². The molecule has 0 unspecified atom stereocenters. The summed E-state index contributed by atoms with van der Waals surface area (Å²) in [5, 5.41) is 3.48. The van der Waals surface area contributed by atoms with Crippen molar-refractivity contribution in [3.05, 3.63) is 70.6 Å². The van der Waals surface area contributed by atoms with Crippen LogP contribution in [0.1, 0.15) is 15.9 Å². The summed E-state index contributed by atoms with van der Waals surface area (Å²) in [6.45, 7) is 0.348. The van der Waals surface area contributed by atoms with Gasteiger partial charge in [-0.2, -0.15) is 0 Å². The van der Waals surface area contributed by atoms with Crippen LogP contribution in [0.3, 0.4) is 0 Å². The van der Waals surface area contributed by atoms with Crippen molar-refractivity contribution < 1.29 is 13.9 Å². The zero-order chi connectivity index (χ0) is 17.1. The van der Waals surface area contributed by atoms with Crippen LogP contribution in [0.5, 0.6) is 5.75 Å². The SMILES string of the molecule is COc1ccc(CNC(=O)c2cc3ccc(F)cc3nc2Cl)cc1. The average Bonchev–Trinajstić information content (AvgIpc) is 2.59. The zero-order valence-corrected chi connectivity index (χ0v) is 13.6. The fourth-order valence-corrected chi connectivity index (χ4v) is 2.53. The minimum atomic E-state index is -0.400. The van der Waals surface area contributed by atoms with Gasteiger partial charge in [-0.1, -0.05) is 23.7 Å². The monoisotopic (exact) mass is 344 g/mol. The lowest BCUT2D eigenvalue weighted by Gasteiger charge is -2.08. The number of halogens is 2. The first-order chi connectivity index (χ1) is 11.6. The van der Waals surface area contributed by atoms with Gasteiger partial charge in [0.05, 0.1) is 18.2 Å². The molecule has 0 aliphatic heterocycles. The van der Waals surface area contributed by atoms with E-state index in [2.05, 4.69) is 10.3 Å². The number of benzene rings is 2. The van der Waals surface area contributed by atoms with Crippen molar-refractivity contribution in [1.29, 1.82) is 0 Å². The fourth-order valence-electron chi connectivity index (χ4n) is 2.30. The first-order valence-electron chi connectivity index (χ1n) is 7.24. The summed E-state index contributed by atoms with van der Waals surface area (Å²) in [4.78, 5) is 16.4. The molecule has 2 aromatic carbocycles. The van der Waals surface area contributed by atoms with Crippen LogP contribution in [0.25, 0.3) is 10.9 Å². The maximum Gasteiger partial charge on any atom is 0.254 e. The van der Waals surface area contributed by atoms with E-state index >= 15 is 0 Å². The van der Waals surface area contributed by atoms with E-state index in [0.29, 0.717) is 17.4 Å². The number of carbonyl (C=O) groups excluding carboxylic acids is 1. The van der Waals surface area contributed by atoms with Crippen molar-refractivity contribution in [1.82, 2.24) is 10.3 Å². The summed E-state index contributed by atoms with van der Waals surface area (Å²) in [5.74, 6) is 0.0106. The molecule has 24 heavy (non-hydrogen) atoms. The Balaban J connectivity index is 1.77. The number of nitrogens with zero attached hydrogens (tertiary/aromatic N) is 1. The van der Waals surface area contributed by atoms with E-state index in [1.165, 1.54) is 12.1 Å². The second kappa shape index (κ2) is 6.84. The average molecular weight is 345 g/mol. The van der Waals surface area contributed by atoms with Crippen LogP contribution < -0.4 is 10.1 Å². The molecule has 0 saturated heterocycles. The Labute approximate surface area is 143 Å². The maximum absolute atomic E-state index is 13.2. The van der Waals surface area contributed by atoms with Crippen LogP contribution in [0.2, 0.25) is 5.15 Å². The molecule has 6 heteroatoms. The summed E-state index contributed by atoms with van der Waals surface area (Å²) in [5.41, 5.74) is 1.59. The highest BCUT2D eigenvalue weighted by molar-refractivity contribution is 6.33. The molecule has 3 aromatic rings. The number of aromatic nitrogens is 1. The van der Waals surface area contributed by atoms with Crippen molar-refractivity contribution in [3.8, 4) is 5.75 Å². The van der Waals surface area contributed by atoms with Gasteiger partial charge in [-0.3, -0.25) is 4.79 Å². The minimum Gasteiger partial charge on any atom is -0.497 e. The Hall–Kier alpha value is -2.66. The Morgan fingerprint density at radius 3 is 2.67 bits per heavy atom. The second-order valence-corrected chi connectivity index (χ2v) is 5.55. The largest absolute Gasteiger partial charge is 0.497 e. The molecule has 0 bridgehead atoms. The number of hydrogen-bond acceptors (Lipinski definition) is 3. The lowest BCUT2D eigenvalue weighted by Crippen LogP contribution is -2.23. The van der Waals surface area contributed by atoms with Gasteiger partial charge in [-0.25, -0.2) is 9.37 Å². The predicted octanol–water partition coefficient (Wildman–Crippen LogP) is 3.97. The quantitative estimate of drug-likeness (QED) is 0.729. The molecule has 1 aromatic heterocycles. The molecule has 0 saturated carbocycles. The van der Waals surface area contributed by atoms with Crippen LogP contribution in [0.4, 0.5) is 4.39 Å². The zero-order valence-electron chi connectivity index (χ0n) is 12.8. The van der Waals surface area contributed by atoms with Gasteiger partial charge in [0.1, 0.15) is 16.7 Å². The topological polar surface area (TPSA) is 51.2 Å². The molecule has 1 heterocycles. The van der Waals surface area contributed by atoms with Crippen LogP contribution in [-0.2, 0) is 6.54 Å². The first-order valence-corrected chi connectivity index (χ1v) is 7.61. The molecule has 1 amide bonds. The molecule has 0 atom stereocenters. The highest BCUT2D eigenvalue weighted by Gasteiger charge is 2.13. The van der Waals surface area contributed by atoms with Crippen molar-refractivity contribution in [2.45, 2.75) is 6.54 Å². The molecule has 3 rings (SSSR count). The summed E-state index contributed by atoms with van der Waals surface area (Å²) >= 11 is 6.06. The Morgan fingerprint density at radius 1 is 1.21 bits per heavy atom. The number of rotatable bonds is 4. The maximum atomic E-state index is 13.2. The number of pyridine rings is 1. The van der Waals surface area contributed by atoms with Gasteiger partial charge >= 0.3 is 0 Å². The van der Waals surface area contributed by atoms with E-state index < -0.39 is 5.82 Å². The highest BCUT2D eigenvalue weighted by atomic mass is 35.5. The van der Waals surface area contributed by atoms with Gasteiger partial charge in [0, 0.05) is 18.0 Å². The van der Waals surface area contributed by atoms with Crippen molar-refractivity contribution in [2.75, 3.05) is 7.11 Å². The van der Waals surface area contributed by atoms with E-state index in [4.69, 9.17) is 16.3 Å². The minimum absolute atomic E-state index is 0.0420.